The number of morpholine rings is 1. The van der Waals surface area contributed by atoms with Gasteiger partial charge in [0.1, 0.15) is 30.2 Å². The first kappa shape index (κ1) is 30.1. The predicted molar refractivity (Wildman–Crippen MR) is 166 cm³/mol. The first-order valence-corrected chi connectivity index (χ1v) is 16.9. The molecular weight excluding hydrogens is 626 g/mol. The van der Waals surface area contributed by atoms with Gasteiger partial charge in [0.25, 0.3) is 0 Å². The number of halogens is 2. The van der Waals surface area contributed by atoms with Gasteiger partial charge in [-0.2, -0.15) is 20.0 Å². The molecule has 1 unspecified atom stereocenters. The zero-order valence-electron chi connectivity index (χ0n) is 24.0. The van der Waals surface area contributed by atoms with Crippen molar-refractivity contribution in [3.63, 3.8) is 0 Å². The van der Waals surface area contributed by atoms with Gasteiger partial charge in [0, 0.05) is 49.2 Å². The summed E-state index contributed by atoms with van der Waals surface area (Å²) in [6, 6.07) is 7.23. The second kappa shape index (κ2) is 12.5. The summed E-state index contributed by atoms with van der Waals surface area (Å²) in [7, 11) is -1.43. The Labute approximate surface area is 252 Å². The molecule has 0 saturated carbocycles. The van der Waals surface area contributed by atoms with Crippen LogP contribution in [0.3, 0.4) is 0 Å². The monoisotopic (exact) mass is 658 g/mol. The molecule has 1 fully saturated rings. The highest BCUT2D eigenvalue weighted by Gasteiger charge is 2.26. The molecule has 3 heterocycles. The lowest BCUT2D eigenvalue weighted by molar-refractivity contribution is 0.0259. The Morgan fingerprint density at radius 1 is 1.24 bits per heavy atom. The van der Waals surface area contributed by atoms with E-state index in [2.05, 4.69) is 58.1 Å². The van der Waals surface area contributed by atoms with Crippen LogP contribution in [0.5, 0.6) is 5.75 Å². The maximum atomic E-state index is 15.8. The van der Waals surface area contributed by atoms with Crippen LogP contribution in [0.25, 0.3) is 11.3 Å². The molecule has 42 heavy (non-hydrogen) atoms. The van der Waals surface area contributed by atoms with Gasteiger partial charge in [0.2, 0.25) is 5.95 Å². The van der Waals surface area contributed by atoms with Gasteiger partial charge in [-0.25, -0.2) is 9.37 Å². The van der Waals surface area contributed by atoms with E-state index >= 15 is 4.39 Å². The number of aromatic nitrogens is 5. The van der Waals surface area contributed by atoms with E-state index in [1.165, 1.54) is 24.3 Å². The Morgan fingerprint density at radius 2 is 2.05 bits per heavy atom. The maximum Gasteiger partial charge on any atom is 0.229 e. The topological polar surface area (TPSA) is 128 Å². The lowest BCUT2D eigenvalue weighted by atomic mass is 10.0. The highest BCUT2D eigenvalue weighted by atomic mass is 79.9. The van der Waals surface area contributed by atoms with E-state index < -0.39 is 13.0 Å². The van der Waals surface area contributed by atoms with Crippen LogP contribution in [0.2, 0.25) is 0 Å². The van der Waals surface area contributed by atoms with Crippen molar-refractivity contribution in [2.75, 3.05) is 50.3 Å². The molecule has 1 aliphatic heterocycles. The highest BCUT2D eigenvalue weighted by molar-refractivity contribution is 9.10. The molecule has 1 atom stereocenters. The Bertz CT molecular complexity index is 1650. The number of hydrogen-bond acceptors (Lipinski definition) is 10. The molecule has 4 aromatic rings. The molecule has 14 heteroatoms. The summed E-state index contributed by atoms with van der Waals surface area (Å²) in [5, 5.41) is 18.1. The highest BCUT2D eigenvalue weighted by Crippen LogP contribution is 2.42. The number of hydrogen-bond donors (Lipinski definition) is 3. The van der Waals surface area contributed by atoms with Gasteiger partial charge >= 0.3 is 0 Å². The molecule has 11 nitrogen and oxygen atoms in total. The van der Waals surface area contributed by atoms with Crippen molar-refractivity contribution in [3.05, 3.63) is 58.1 Å². The average molecular weight is 660 g/mol. The molecule has 222 valence electrons. The normalized spacial score (nSPS) is 15.5. The maximum absolute atomic E-state index is 15.8. The van der Waals surface area contributed by atoms with E-state index in [4.69, 9.17) is 9.47 Å². The lowest BCUT2D eigenvalue weighted by Gasteiger charge is -2.26. The molecule has 0 radical (unpaired) electrons. The lowest BCUT2D eigenvalue weighted by Crippen LogP contribution is -2.33. The van der Waals surface area contributed by atoms with Gasteiger partial charge in [0.05, 0.1) is 41.0 Å². The molecule has 2 aromatic carbocycles. The van der Waals surface area contributed by atoms with Gasteiger partial charge in [-0.1, -0.05) is 0 Å². The quantitative estimate of drug-likeness (QED) is 0.204. The van der Waals surface area contributed by atoms with Gasteiger partial charge in [-0.3, -0.25) is 0 Å². The van der Waals surface area contributed by atoms with Crippen LogP contribution in [0.4, 0.5) is 27.5 Å². The summed E-state index contributed by atoms with van der Waals surface area (Å²) >= 11 is 3.48. The molecule has 0 amide bonds. The predicted octanol–water partition coefficient (Wildman–Crippen LogP) is 5.28. The van der Waals surface area contributed by atoms with Crippen LogP contribution in [-0.2, 0) is 16.3 Å². The van der Waals surface area contributed by atoms with Crippen LogP contribution in [0, 0.1) is 12.7 Å². The Hall–Kier alpha value is -3.38. The second-order valence-electron chi connectivity index (χ2n) is 10.2. The Kier molecular flexibility index (Phi) is 8.93. The van der Waals surface area contributed by atoms with E-state index in [-0.39, 0.29) is 17.0 Å². The van der Waals surface area contributed by atoms with Gasteiger partial charge in [0.15, 0.2) is 0 Å². The summed E-state index contributed by atoms with van der Waals surface area (Å²) in [5.41, 5.74) is 3.62. The molecule has 0 aliphatic carbocycles. The summed E-state index contributed by atoms with van der Waals surface area (Å²) in [4.78, 5) is 10.4. The molecule has 0 spiro atoms. The number of anilines is 4. The third kappa shape index (κ3) is 6.49. The van der Waals surface area contributed by atoms with Gasteiger partial charge in [-0.05, 0) is 66.9 Å². The van der Waals surface area contributed by atoms with Crippen molar-refractivity contribution in [3.8, 4) is 17.0 Å². The number of ether oxygens (including phenoxy) is 2. The van der Waals surface area contributed by atoms with Crippen molar-refractivity contribution in [1.29, 1.82) is 0 Å². The molecule has 3 N–H and O–H groups in total. The molecule has 0 bridgehead atoms. The fraction of sp³-hybridized carbons (Fsp3) is 0.357. The van der Waals surface area contributed by atoms with Crippen molar-refractivity contribution in [1.82, 2.24) is 30.3 Å². The molecule has 1 aliphatic rings. The zero-order valence-corrected chi connectivity index (χ0v) is 26.5. The standard InChI is InChI=1S/C28H33BrFN8O3P/c1-6-40-23-12-21(16(2)11-18(23)24-15-31-9-10-41-24)35-28-32-13-19(29)27(36-28)34-20-8-7-17(22-14-33-38(3)37-22)25(30)26(20)42(4,5)39/h7-8,11-14,24,31H,6,9-10,15H2,1-5H3,(H2,32,34,35,36). The SMILES string of the molecule is CCOc1cc(Nc2ncc(Br)c(Nc3ccc(-c4cnn(C)n4)c(F)c3P(C)(C)=O)n2)c(C)cc1C1CNCCO1. The Balaban J connectivity index is 1.46. The smallest absolute Gasteiger partial charge is 0.229 e. The third-order valence-corrected chi connectivity index (χ3v) is 8.80. The first-order valence-electron chi connectivity index (χ1n) is 13.5. The van der Waals surface area contributed by atoms with E-state index in [9.17, 15) is 4.57 Å². The summed E-state index contributed by atoms with van der Waals surface area (Å²) < 4.78 is 41.6. The number of nitrogens with zero attached hydrogens (tertiary/aromatic N) is 5. The van der Waals surface area contributed by atoms with Crippen LogP contribution in [0.15, 0.2) is 41.1 Å². The minimum absolute atomic E-state index is 0.0675. The molecule has 5 rings (SSSR count). The van der Waals surface area contributed by atoms with Crippen LogP contribution in [0.1, 0.15) is 24.2 Å². The van der Waals surface area contributed by atoms with Crippen molar-refractivity contribution >= 4 is 51.5 Å². The molecule has 2 aromatic heterocycles. The summed E-state index contributed by atoms with van der Waals surface area (Å²) in [5.74, 6) is 0.784. The van der Waals surface area contributed by atoms with Gasteiger partial charge in [-0.15, -0.1) is 0 Å². The fourth-order valence-corrected chi connectivity index (χ4v) is 6.36. The number of aryl methyl sites for hydroxylation is 2. The largest absolute Gasteiger partial charge is 0.493 e. The van der Waals surface area contributed by atoms with E-state index in [1.54, 1.807) is 25.4 Å². The van der Waals surface area contributed by atoms with E-state index in [0.717, 1.165) is 29.1 Å². The van der Waals surface area contributed by atoms with E-state index in [1.807, 2.05) is 19.9 Å². The van der Waals surface area contributed by atoms with Crippen molar-refractivity contribution in [2.45, 2.75) is 20.0 Å². The van der Waals surface area contributed by atoms with Crippen LogP contribution in [-0.4, -0.2) is 64.6 Å². The van der Waals surface area contributed by atoms with E-state index in [0.29, 0.717) is 47.4 Å². The minimum atomic E-state index is -3.08. The Morgan fingerprint density at radius 3 is 2.71 bits per heavy atom. The molecule has 1 saturated heterocycles. The summed E-state index contributed by atoms with van der Waals surface area (Å²) in [6.45, 7) is 9.65. The minimum Gasteiger partial charge on any atom is -0.493 e. The first-order chi connectivity index (χ1) is 20.0. The number of rotatable bonds is 9. The van der Waals surface area contributed by atoms with Crippen LogP contribution < -0.4 is 26.0 Å². The zero-order chi connectivity index (χ0) is 30.0. The van der Waals surface area contributed by atoms with Crippen molar-refractivity contribution in [2.24, 2.45) is 7.05 Å². The van der Waals surface area contributed by atoms with Crippen LogP contribution >= 0.6 is 23.1 Å². The van der Waals surface area contributed by atoms with Gasteiger partial charge < -0.3 is 30.0 Å². The third-order valence-electron chi connectivity index (χ3n) is 6.70. The van der Waals surface area contributed by atoms with Crippen molar-refractivity contribution < 1.29 is 18.4 Å². The average Bonchev–Trinajstić information content (AvgIpc) is 3.38. The summed E-state index contributed by atoms with van der Waals surface area (Å²) in [6.07, 6.45) is 2.96. The second-order valence-corrected chi connectivity index (χ2v) is 14.2. The fourth-order valence-electron chi connectivity index (χ4n) is 4.76. The number of benzene rings is 2. The number of nitrogens with one attached hydrogen (secondary N) is 3. The molecular formula is C28H33BrFN8O3P.